The average molecular weight is 271 g/mol. The SMILES string of the molecule is c1c[nH]cn1.c1c[nH]cn1.c1cc[nH]c1.c1cn[nH]c1. The highest BCUT2D eigenvalue weighted by atomic mass is 15.1. The molecule has 0 aromatic carbocycles. The van der Waals surface area contributed by atoms with Crippen LogP contribution in [0.1, 0.15) is 0 Å². The van der Waals surface area contributed by atoms with Gasteiger partial charge in [-0.2, -0.15) is 5.10 Å². The van der Waals surface area contributed by atoms with Crippen molar-refractivity contribution in [3.63, 3.8) is 0 Å². The second-order valence-corrected chi connectivity index (χ2v) is 3.17. The predicted octanol–water partition coefficient (Wildman–Crippen LogP) is 2.24. The van der Waals surface area contributed by atoms with Crippen LogP contribution in [0.5, 0.6) is 0 Å². The number of rotatable bonds is 0. The third-order valence-electron chi connectivity index (χ3n) is 1.71. The Morgan fingerprint density at radius 2 is 1.20 bits per heavy atom. The van der Waals surface area contributed by atoms with Crippen LogP contribution in [0.3, 0.4) is 0 Å². The van der Waals surface area contributed by atoms with Gasteiger partial charge in [0, 0.05) is 49.6 Å². The second-order valence-electron chi connectivity index (χ2n) is 3.17. The molecule has 0 bridgehead atoms. The minimum Gasteiger partial charge on any atom is -0.368 e. The van der Waals surface area contributed by atoms with Gasteiger partial charge in [0.05, 0.1) is 12.7 Å². The van der Waals surface area contributed by atoms with Crippen LogP contribution in [-0.2, 0) is 0 Å². The number of nitrogens with one attached hydrogen (secondary N) is 4. The molecular formula is C13H17N7. The summed E-state index contributed by atoms with van der Waals surface area (Å²) in [5, 5.41) is 6.21. The van der Waals surface area contributed by atoms with E-state index in [2.05, 4.69) is 35.1 Å². The lowest BCUT2D eigenvalue weighted by Gasteiger charge is -1.49. The second kappa shape index (κ2) is 12.4. The van der Waals surface area contributed by atoms with Crippen molar-refractivity contribution in [3.05, 3.63) is 80.4 Å². The van der Waals surface area contributed by atoms with Crippen LogP contribution < -0.4 is 0 Å². The van der Waals surface area contributed by atoms with Crippen LogP contribution in [0, 0.1) is 0 Å². The molecule has 0 atom stereocenters. The van der Waals surface area contributed by atoms with Crippen molar-refractivity contribution in [2.45, 2.75) is 0 Å². The standard InChI is InChI=1S/C4H5N.3C3H4N2/c1-2-4-5-3-1;2*1-2-5-3-4-1;1-2-4-5-3-1/h1-5H;3*1-3H,(H,4,5). The fraction of sp³-hybridized carbons (Fsp3) is 0. The molecule has 4 rings (SSSR count). The lowest BCUT2D eigenvalue weighted by molar-refractivity contribution is 1.09. The van der Waals surface area contributed by atoms with E-state index in [-0.39, 0.29) is 0 Å². The first-order chi connectivity index (χ1) is 10.0. The van der Waals surface area contributed by atoms with Crippen molar-refractivity contribution in [3.8, 4) is 0 Å². The van der Waals surface area contributed by atoms with Gasteiger partial charge >= 0.3 is 0 Å². The van der Waals surface area contributed by atoms with Gasteiger partial charge in [-0.1, -0.05) is 0 Å². The minimum atomic E-state index is 1.62. The van der Waals surface area contributed by atoms with Gasteiger partial charge in [0.1, 0.15) is 0 Å². The molecule has 4 N–H and O–H groups in total. The zero-order chi connectivity index (χ0) is 14.1. The summed E-state index contributed by atoms with van der Waals surface area (Å²) in [4.78, 5) is 15.7. The van der Waals surface area contributed by atoms with Gasteiger partial charge in [-0.05, 0) is 18.2 Å². The van der Waals surface area contributed by atoms with Crippen LogP contribution in [0.4, 0.5) is 0 Å². The molecule has 0 spiro atoms. The van der Waals surface area contributed by atoms with E-state index >= 15 is 0 Å². The number of H-pyrrole nitrogens is 4. The summed E-state index contributed by atoms with van der Waals surface area (Å²) in [5.41, 5.74) is 0. The van der Waals surface area contributed by atoms with E-state index in [0.29, 0.717) is 0 Å². The Morgan fingerprint density at radius 1 is 0.550 bits per heavy atom. The molecule has 4 heterocycles. The van der Waals surface area contributed by atoms with Gasteiger partial charge in [-0.15, -0.1) is 0 Å². The minimum absolute atomic E-state index is 1.62. The van der Waals surface area contributed by atoms with Gasteiger partial charge in [0.2, 0.25) is 0 Å². The molecule has 0 aliphatic rings. The maximum Gasteiger partial charge on any atom is 0.0919 e. The summed E-state index contributed by atoms with van der Waals surface area (Å²) in [6, 6.07) is 5.72. The first-order valence-electron chi connectivity index (χ1n) is 5.87. The fourth-order valence-electron chi connectivity index (χ4n) is 0.923. The number of aromatic amines is 4. The largest absolute Gasteiger partial charge is 0.368 e. The molecule has 0 radical (unpaired) electrons. The third kappa shape index (κ3) is 10.1. The van der Waals surface area contributed by atoms with E-state index < -0.39 is 0 Å². The first-order valence-corrected chi connectivity index (χ1v) is 5.87. The van der Waals surface area contributed by atoms with Gasteiger partial charge in [-0.3, -0.25) is 5.10 Å². The Bertz CT molecular complexity index is 350. The smallest absolute Gasteiger partial charge is 0.0919 e. The summed E-state index contributed by atoms with van der Waals surface area (Å²) in [5.74, 6) is 0. The Kier molecular flexibility index (Phi) is 9.26. The summed E-state index contributed by atoms with van der Waals surface area (Å²) in [6.45, 7) is 0. The first kappa shape index (κ1) is 15.0. The lowest BCUT2D eigenvalue weighted by Crippen LogP contribution is -1.53. The highest BCUT2D eigenvalue weighted by molar-refractivity contribution is 4.84. The Balaban J connectivity index is 0.000000133. The Labute approximate surface area is 116 Å². The summed E-state index contributed by atoms with van der Waals surface area (Å²) in [7, 11) is 0. The molecule has 4 aromatic rings. The van der Waals surface area contributed by atoms with Crippen LogP contribution in [0.15, 0.2) is 80.4 Å². The predicted molar refractivity (Wildman–Crippen MR) is 76.6 cm³/mol. The van der Waals surface area contributed by atoms with E-state index in [9.17, 15) is 0 Å². The highest BCUT2D eigenvalue weighted by Gasteiger charge is 1.57. The summed E-state index contributed by atoms with van der Waals surface area (Å²) < 4.78 is 0. The molecule has 0 aliphatic carbocycles. The fourth-order valence-corrected chi connectivity index (χ4v) is 0.923. The summed E-state index contributed by atoms with van der Waals surface area (Å²) in [6.07, 6.45) is 17.4. The number of nitrogens with zero attached hydrogens (tertiary/aromatic N) is 3. The maximum absolute atomic E-state index is 3.67. The summed E-state index contributed by atoms with van der Waals surface area (Å²) >= 11 is 0. The molecule has 0 fully saturated rings. The highest BCUT2D eigenvalue weighted by Crippen LogP contribution is 1.72. The van der Waals surface area contributed by atoms with Crippen molar-refractivity contribution < 1.29 is 0 Å². The van der Waals surface area contributed by atoms with Crippen LogP contribution in [0.2, 0.25) is 0 Å². The Hall–Kier alpha value is -3.09. The van der Waals surface area contributed by atoms with E-state index in [1.807, 2.05) is 30.6 Å². The molecule has 0 aliphatic heterocycles. The van der Waals surface area contributed by atoms with E-state index in [1.165, 1.54) is 0 Å². The van der Waals surface area contributed by atoms with Gasteiger partial charge in [0.25, 0.3) is 0 Å². The number of hydrogen-bond donors (Lipinski definition) is 4. The maximum atomic E-state index is 3.67. The molecule has 7 heteroatoms. The Morgan fingerprint density at radius 3 is 1.35 bits per heavy atom. The van der Waals surface area contributed by atoms with Crippen LogP contribution >= 0.6 is 0 Å². The lowest BCUT2D eigenvalue weighted by atomic mass is 10.7. The normalized spacial score (nSPS) is 8.00. The number of imidazole rings is 2. The quantitative estimate of drug-likeness (QED) is 0.394. The van der Waals surface area contributed by atoms with E-state index in [0.717, 1.165) is 0 Å². The van der Waals surface area contributed by atoms with Crippen molar-refractivity contribution >= 4 is 0 Å². The van der Waals surface area contributed by atoms with Crippen molar-refractivity contribution in [1.82, 2.24) is 35.1 Å². The molecule has 104 valence electrons. The van der Waals surface area contributed by atoms with Crippen molar-refractivity contribution in [2.75, 3.05) is 0 Å². The van der Waals surface area contributed by atoms with Gasteiger partial charge in [-0.25, -0.2) is 9.97 Å². The molecule has 0 saturated carbocycles. The topological polar surface area (TPSA) is 102 Å². The molecule has 4 aromatic heterocycles. The molecule has 0 unspecified atom stereocenters. The number of hydrogen-bond acceptors (Lipinski definition) is 3. The molecule has 20 heavy (non-hydrogen) atoms. The average Bonchev–Trinajstić information content (AvgIpc) is 3.40. The van der Waals surface area contributed by atoms with E-state index in [1.54, 1.807) is 49.8 Å². The van der Waals surface area contributed by atoms with Crippen molar-refractivity contribution in [1.29, 1.82) is 0 Å². The van der Waals surface area contributed by atoms with E-state index in [4.69, 9.17) is 0 Å². The van der Waals surface area contributed by atoms with Crippen molar-refractivity contribution in [2.24, 2.45) is 0 Å². The zero-order valence-corrected chi connectivity index (χ0v) is 10.8. The monoisotopic (exact) mass is 271 g/mol. The van der Waals surface area contributed by atoms with Crippen LogP contribution in [-0.4, -0.2) is 35.1 Å². The number of aromatic nitrogens is 7. The van der Waals surface area contributed by atoms with Gasteiger partial charge in [0.15, 0.2) is 0 Å². The molecule has 0 saturated heterocycles. The van der Waals surface area contributed by atoms with Crippen LogP contribution in [0.25, 0.3) is 0 Å². The third-order valence-corrected chi connectivity index (χ3v) is 1.71. The molecular weight excluding hydrogens is 254 g/mol. The van der Waals surface area contributed by atoms with Gasteiger partial charge < -0.3 is 15.0 Å². The molecule has 0 amide bonds. The zero-order valence-electron chi connectivity index (χ0n) is 10.8. The molecule has 7 nitrogen and oxygen atoms in total.